The molecule has 0 spiro atoms. The molecule has 1 amide bonds. The van der Waals surface area contributed by atoms with E-state index >= 15 is 0 Å². The fourth-order valence-corrected chi connectivity index (χ4v) is 7.66. The maximum absolute atomic E-state index is 14.1. The number of sulfonamides is 1. The third-order valence-electron chi connectivity index (χ3n) is 8.93. The maximum Gasteiger partial charge on any atom is 0.241 e. The fraction of sp³-hybridized carbons (Fsp3) is 0.353. The summed E-state index contributed by atoms with van der Waals surface area (Å²) >= 11 is 0. The number of hydrogen-bond donors (Lipinski definition) is 1. The largest absolute Gasteiger partial charge is 0.337 e. The molecule has 1 saturated carbocycles. The molecule has 0 aliphatic heterocycles. The second-order valence-electron chi connectivity index (χ2n) is 12.4. The molecule has 218 valence electrons. The quantitative estimate of drug-likeness (QED) is 0.270. The molecule has 1 N–H and O–H groups in total. The topological polar surface area (TPSA) is 84.3 Å². The minimum absolute atomic E-state index is 0.0683. The van der Waals surface area contributed by atoms with Crippen LogP contribution in [0.25, 0.3) is 0 Å². The number of fused-ring (bicyclic) bond motifs is 1. The molecule has 8 heteroatoms. The molecule has 1 fully saturated rings. The number of nitrogens with one attached hydrogen (secondary N) is 1. The van der Waals surface area contributed by atoms with E-state index in [1.165, 1.54) is 5.56 Å². The molecule has 0 unspecified atom stereocenters. The number of rotatable bonds is 8. The van der Waals surface area contributed by atoms with Crippen LogP contribution in [0.4, 0.5) is 5.69 Å². The summed E-state index contributed by atoms with van der Waals surface area (Å²) in [6.07, 6.45) is 5.95. The van der Waals surface area contributed by atoms with Crippen LogP contribution >= 0.6 is 0 Å². The maximum atomic E-state index is 14.1. The van der Waals surface area contributed by atoms with Crippen molar-refractivity contribution >= 4 is 21.6 Å². The molecule has 3 atom stereocenters. The molecule has 3 aromatic carbocycles. The number of aryl methyl sites for hydroxylation is 2. The van der Waals surface area contributed by atoms with E-state index in [2.05, 4.69) is 41.8 Å². The number of aromatic nitrogens is 2. The summed E-state index contributed by atoms with van der Waals surface area (Å²) in [4.78, 5) is 20.7. The number of carbonyl (C=O) groups is 1. The van der Waals surface area contributed by atoms with Crippen molar-refractivity contribution in [1.82, 2.24) is 14.3 Å². The van der Waals surface area contributed by atoms with Crippen molar-refractivity contribution in [2.75, 3.05) is 4.90 Å². The van der Waals surface area contributed by atoms with Crippen LogP contribution in [0.2, 0.25) is 0 Å². The van der Waals surface area contributed by atoms with E-state index in [9.17, 15) is 13.2 Å². The van der Waals surface area contributed by atoms with Crippen LogP contribution in [-0.4, -0.2) is 23.9 Å². The summed E-state index contributed by atoms with van der Waals surface area (Å²) in [6, 6.07) is 22.9. The van der Waals surface area contributed by atoms with Crippen LogP contribution in [0.15, 0.2) is 90.1 Å². The van der Waals surface area contributed by atoms with E-state index in [1.54, 1.807) is 24.4 Å². The van der Waals surface area contributed by atoms with Gasteiger partial charge in [0.15, 0.2) is 0 Å². The van der Waals surface area contributed by atoms with Gasteiger partial charge in [-0.1, -0.05) is 62.4 Å². The van der Waals surface area contributed by atoms with Gasteiger partial charge in [0.05, 0.1) is 11.4 Å². The van der Waals surface area contributed by atoms with Gasteiger partial charge in [-0.25, -0.2) is 18.1 Å². The van der Waals surface area contributed by atoms with Gasteiger partial charge in [0.25, 0.3) is 0 Å². The van der Waals surface area contributed by atoms with Crippen molar-refractivity contribution in [2.45, 2.75) is 68.8 Å². The Kier molecular flexibility index (Phi) is 7.31. The number of amides is 1. The van der Waals surface area contributed by atoms with E-state index in [1.807, 2.05) is 66.0 Å². The predicted octanol–water partition coefficient (Wildman–Crippen LogP) is 6.16. The van der Waals surface area contributed by atoms with Gasteiger partial charge in [-0.15, -0.1) is 0 Å². The predicted molar refractivity (Wildman–Crippen MR) is 165 cm³/mol. The molecule has 6 rings (SSSR count). The average Bonchev–Trinajstić information content (AvgIpc) is 3.68. The summed E-state index contributed by atoms with van der Waals surface area (Å²) in [5.41, 5.74) is 4.74. The number of carbonyl (C=O) groups excluding carboxylic acids is 1. The van der Waals surface area contributed by atoms with Gasteiger partial charge in [-0.3, -0.25) is 4.79 Å². The summed E-state index contributed by atoms with van der Waals surface area (Å²) in [5, 5.41) is 0. The van der Waals surface area contributed by atoms with E-state index in [4.69, 9.17) is 0 Å². The van der Waals surface area contributed by atoms with E-state index in [0.29, 0.717) is 13.0 Å². The summed E-state index contributed by atoms with van der Waals surface area (Å²) in [5.74, 6) is 0.956. The molecular weight excluding hydrogens is 544 g/mol. The third kappa shape index (κ3) is 5.53. The van der Waals surface area contributed by atoms with Crippen LogP contribution in [-0.2, 0) is 33.8 Å². The van der Waals surface area contributed by atoms with Crippen LogP contribution in [0.5, 0.6) is 0 Å². The minimum atomic E-state index is -3.74. The third-order valence-corrected chi connectivity index (χ3v) is 10.4. The first-order valence-electron chi connectivity index (χ1n) is 14.6. The summed E-state index contributed by atoms with van der Waals surface area (Å²) < 4.78 is 31.9. The highest BCUT2D eigenvalue weighted by atomic mass is 32.2. The zero-order valence-electron chi connectivity index (χ0n) is 24.6. The summed E-state index contributed by atoms with van der Waals surface area (Å²) in [7, 11) is -1.81. The van der Waals surface area contributed by atoms with Crippen molar-refractivity contribution < 1.29 is 13.2 Å². The number of hydrogen-bond acceptors (Lipinski definition) is 4. The van der Waals surface area contributed by atoms with Crippen LogP contribution in [0, 0.1) is 12.8 Å². The first kappa shape index (κ1) is 28.4. The normalized spacial score (nSPS) is 21.0. The van der Waals surface area contributed by atoms with Gasteiger partial charge in [-0.2, -0.15) is 0 Å². The Balaban J connectivity index is 1.36. The highest BCUT2D eigenvalue weighted by molar-refractivity contribution is 7.89. The van der Waals surface area contributed by atoms with Crippen LogP contribution in [0.1, 0.15) is 73.1 Å². The smallest absolute Gasteiger partial charge is 0.241 e. The van der Waals surface area contributed by atoms with Crippen molar-refractivity contribution in [1.29, 1.82) is 0 Å². The molecule has 0 bridgehead atoms. The SMILES string of the molecule is Cc1cccc(S(=O)(=O)N[C@H]2CCC(C)(C)c3ccc(N(Cc4nccn4C)C(=O)[C@@H]4C[C@H]4c4ccccc4)cc32)c1. The number of benzene rings is 3. The Hall–Kier alpha value is -3.75. The van der Waals surface area contributed by atoms with Gasteiger partial charge < -0.3 is 9.47 Å². The first-order valence-corrected chi connectivity index (χ1v) is 16.1. The van der Waals surface area contributed by atoms with Gasteiger partial charge in [0, 0.05) is 37.1 Å². The Labute approximate surface area is 248 Å². The Bertz CT molecular complexity index is 1730. The van der Waals surface area contributed by atoms with E-state index in [0.717, 1.165) is 41.0 Å². The number of anilines is 1. The van der Waals surface area contributed by atoms with Crippen molar-refractivity contribution in [3.63, 3.8) is 0 Å². The monoisotopic (exact) mass is 582 g/mol. The summed E-state index contributed by atoms with van der Waals surface area (Å²) in [6.45, 7) is 6.62. The van der Waals surface area contributed by atoms with Gasteiger partial charge in [0.2, 0.25) is 15.9 Å². The fourth-order valence-electron chi connectivity index (χ4n) is 6.30. The molecule has 4 aromatic rings. The number of imidazole rings is 1. The van der Waals surface area contributed by atoms with Gasteiger partial charge >= 0.3 is 0 Å². The second-order valence-corrected chi connectivity index (χ2v) is 14.1. The van der Waals surface area contributed by atoms with Crippen molar-refractivity contribution in [2.24, 2.45) is 13.0 Å². The molecule has 2 aliphatic rings. The molecule has 0 saturated heterocycles. The Morgan fingerprint density at radius 2 is 1.86 bits per heavy atom. The zero-order chi connectivity index (χ0) is 29.6. The molecule has 1 aromatic heterocycles. The van der Waals surface area contributed by atoms with Gasteiger partial charge in [-0.05, 0) is 84.0 Å². The van der Waals surface area contributed by atoms with Crippen molar-refractivity contribution in [3.8, 4) is 0 Å². The lowest BCUT2D eigenvalue weighted by atomic mass is 9.71. The minimum Gasteiger partial charge on any atom is -0.337 e. The second kappa shape index (κ2) is 10.8. The van der Waals surface area contributed by atoms with Crippen LogP contribution in [0.3, 0.4) is 0 Å². The highest BCUT2D eigenvalue weighted by Crippen LogP contribution is 2.49. The highest BCUT2D eigenvalue weighted by Gasteiger charge is 2.46. The number of nitrogens with zero attached hydrogens (tertiary/aromatic N) is 3. The van der Waals surface area contributed by atoms with Crippen molar-refractivity contribution in [3.05, 3.63) is 113 Å². The van der Waals surface area contributed by atoms with Gasteiger partial charge in [0.1, 0.15) is 5.82 Å². The van der Waals surface area contributed by atoms with Crippen LogP contribution < -0.4 is 9.62 Å². The lowest BCUT2D eigenvalue weighted by Gasteiger charge is -2.38. The average molecular weight is 583 g/mol. The lowest BCUT2D eigenvalue weighted by Crippen LogP contribution is -2.37. The Morgan fingerprint density at radius 1 is 1.07 bits per heavy atom. The lowest BCUT2D eigenvalue weighted by molar-refractivity contribution is -0.120. The first-order chi connectivity index (χ1) is 20.0. The molecule has 1 heterocycles. The zero-order valence-corrected chi connectivity index (χ0v) is 25.4. The molecule has 7 nitrogen and oxygen atoms in total. The molecule has 42 heavy (non-hydrogen) atoms. The standard InChI is InChI=1S/C34H38N4O3S/c1-23-9-8-12-26(19-23)42(40,41)36-31-15-16-34(2,3)30-14-13-25(20-29(30)31)38(22-32-35-17-18-37(32)4)33(39)28-21-27(28)24-10-6-5-7-11-24/h5-14,17-20,27-28,31,36H,15-16,21-22H2,1-4H3/t27-,28+,31-/m0/s1. The molecule has 2 aliphatic carbocycles. The van der Waals surface area contributed by atoms with E-state index < -0.39 is 16.1 Å². The molecule has 0 radical (unpaired) electrons. The van der Waals surface area contributed by atoms with E-state index in [-0.39, 0.29) is 28.1 Å². The Morgan fingerprint density at radius 3 is 2.57 bits per heavy atom. The molecular formula is C34H38N4O3S.